The van der Waals surface area contributed by atoms with Crippen molar-refractivity contribution in [3.8, 4) is 0 Å². The average molecular weight is 386 g/mol. The fraction of sp³-hybridized carbons (Fsp3) is 0.706. The first-order valence-electron chi connectivity index (χ1n) is 9.11. The molecule has 0 aromatic carbocycles. The molecule has 2 fully saturated rings. The second kappa shape index (κ2) is 8.16. The van der Waals surface area contributed by atoms with E-state index in [1.807, 2.05) is 4.90 Å². The zero-order chi connectivity index (χ0) is 17.9. The molecule has 1 N–H and O–H groups in total. The maximum absolute atomic E-state index is 12.7. The third kappa shape index (κ3) is 4.24. The highest BCUT2D eigenvalue weighted by Crippen LogP contribution is 2.28. The van der Waals surface area contributed by atoms with E-state index >= 15 is 0 Å². The summed E-state index contributed by atoms with van der Waals surface area (Å²) in [5.41, 5.74) is 0. The Morgan fingerprint density at radius 1 is 1.36 bits per heavy atom. The van der Waals surface area contributed by atoms with Gasteiger partial charge in [-0.05, 0) is 44.4 Å². The fourth-order valence-corrected chi connectivity index (χ4v) is 6.57. The van der Waals surface area contributed by atoms with Crippen molar-refractivity contribution in [3.05, 3.63) is 17.0 Å². The van der Waals surface area contributed by atoms with Crippen LogP contribution in [0, 0.1) is 0 Å². The van der Waals surface area contributed by atoms with Gasteiger partial charge in [0.05, 0.1) is 6.42 Å². The molecule has 0 bridgehead atoms. The van der Waals surface area contributed by atoms with Crippen LogP contribution in [-0.2, 0) is 21.2 Å². The number of carbonyl (C=O) groups excluding carboxylic acids is 1. The van der Waals surface area contributed by atoms with Crippen LogP contribution in [0.25, 0.3) is 0 Å². The summed E-state index contributed by atoms with van der Waals surface area (Å²) in [6.45, 7) is 5.85. The van der Waals surface area contributed by atoms with Crippen molar-refractivity contribution < 1.29 is 13.2 Å². The van der Waals surface area contributed by atoms with Crippen LogP contribution in [0.3, 0.4) is 0 Å². The maximum atomic E-state index is 12.7. The molecule has 2 saturated heterocycles. The van der Waals surface area contributed by atoms with Crippen molar-refractivity contribution in [2.45, 2.75) is 49.3 Å². The van der Waals surface area contributed by atoms with Gasteiger partial charge in [0, 0.05) is 37.1 Å². The lowest BCUT2D eigenvalue weighted by molar-refractivity contribution is -0.132. The van der Waals surface area contributed by atoms with E-state index in [1.165, 1.54) is 11.3 Å². The summed E-state index contributed by atoms with van der Waals surface area (Å²) in [5, 5.41) is 3.31. The molecule has 3 rings (SSSR count). The van der Waals surface area contributed by atoms with Crippen molar-refractivity contribution in [3.63, 3.8) is 0 Å². The Morgan fingerprint density at radius 3 is 2.76 bits per heavy atom. The van der Waals surface area contributed by atoms with Crippen LogP contribution in [0.5, 0.6) is 0 Å². The van der Waals surface area contributed by atoms with Crippen LogP contribution in [0.15, 0.2) is 16.3 Å². The van der Waals surface area contributed by atoms with Gasteiger partial charge in [0.25, 0.3) is 10.0 Å². The lowest BCUT2D eigenvalue weighted by Gasteiger charge is -2.28. The number of nitrogens with one attached hydrogen (secondary N) is 1. The molecule has 0 radical (unpaired) electrons. The summed E-state index contributed by atoms with van der Waals surface area (Å²) in [4.78, 5) is 15.5. The number of nitrogens with zero attached hydrogens (tertiary/aromatic N) is 2. The third-order valence-electron chi connectivity index (χ3n) is 4.88. The zero-order valence-corrected chi connectivity index (χ0v) is 16.4. The molecule has 1 amide bonds. The molecule has 1 aromatic heterocycles. The van der Waals surface area contributed by atoms with E-state index in [0.717, 1.165) is 50.2 Å². The van der Waals surface area contributed by atoms with Crippen LogP contribution >= 0.6 is 11.3 Å². The van der Waals surface area contributed by atoms with Crippen molar-refractivity contribution in [2.75, 3.05) is 32.7 Å². The lowest BCUT2D eigenvalue weighted by Crippen LogP contribution is -2.42. The Labute approximate surface area is 154 Å². The minimum absolute atomic E-state index is 0.0996. The Balaban J connectivity index is 1.68. The minimum Gasteiger partial charge on any atom is -0.338 e. The van der Waals surface area contributed by atoms with Crippen molar-refractivity contribution >= 4 is 27.3 Å². The quantitative estimate of drug-likeness (QED) is 0.775. The topological polar surface area (TPSA) is 69.7 Å². The standard InChI is InChI=1S/C17H27N3O3S2/c1-2-9-20(14-7-8-18-13-14)16(21)12-15-5-6-17(24-15)25(22,23)19-10-3-4-11-19/h5-6,14,18H,2-4,7-13H2,1H3. The molecule has 0 saturated carbocycles. The van der Waals surface area contributed by atoms with Gasteiger partial charge in [-0.15, -0.1) is 11.3 Å². The summed E-state index contributed by atoms with van der Waals surface area (Å²) in [5.74, 6) is 0.0996. The van der Waals surface area contributed by atoms with E-state index in [2.05, 4.69) is 12.2 Å². The normalized spacial score (nSPS) is 21.7. The molecule has 1 unspecified atom stereocenters. The molecule has 25 heavy (non-hydrogen) atoms. The first-order chi connectivity index (χ1) is 12.0. The van der Waals surface area contributed by atoms with Crippen molar-refractivity contribution in [2.24, 2.45) is 0 Å². The number of hydrogen-bond acceptors (Lipinski definition) is 5. The van der Waals surface area contributed by atoms with E-state index < -0.39 is 10.0 Å². The number of rotatable bonds is 7. The molecule has 6 nitrogen and oxygen atoms in total. The number of thiophene rings is 1. The molecule has 140 valence electrons. The zero-order valence-electron chi connectivity index (χ0n) is 14.7. The molecule has 3 heterocycles. The molecular formula is C17H27N3O3S2. The van der Waals surface area contributed by atoms with Gasteiger partial charge in [-0.1, -0.05) is 6.92 Å². The van der Waals surface area contributed by atoms with Crippen molar-refractivity contribution in [1.29, 1.82) is 0 Å². The number of hydrogen-bond donors (Lipinski definition) is 1. The molecular weight excluding hydrogens is 358 g/mol. The van der Waals surface area contributed by atoms with E-state index in [1.54, 1.807) is 16.4 Å². The minimum atomic E-state index is -3.38. The SMILES string of the molecule is CCCN(C(=O)Cc1ccc(S(=O)(=O)N2CCCC2)s1)C1CCNC1. The highest BCUT2D eigenvalue weighted by Gasteiger charge is 2.30. The monoisotopic (exact) mass is 385 g/mol. The average Bonchev–Trinajstić information content (AvgIpc) is 3.33. The van der Waals surface area contributed by atoms with Gasteiger partial charge in [0.15, 0.2) is 0 Å². The predicted molar refractivity (Wildman–Crippen MR) is 99.3 cm³/mol. The summed E-state index contributed by atoms with van der Waals surface area (Å²) in [7, 11) is -3.38. The van der Waals surface area contributed by atoms with Gasteiger partial charge in [-0.2, -0.15) is 4.31 Å². The van der Waals surface area contributed by atoms with Gasteiger partial charge < -0.3 is 10.2 Å². The van der Waals surface area contributed by atoms with Crippen LogP contribution in [0.2, 0.25) is 0 Å². The Hall–Kier alpha value is -0.960. The van der Waals surface area contributed by atoms with Crippen LogP contribution in [-0.4, -0.2) is 62.3 Å². The van der Waals surface area contributed by atoms with E-state index in [-0.39, 0.29) is 18.4 Å². The van der Waals surface area contributed by atoms with Crippen LogP contribution in [0.4, 0.5) is 0 Å². The number of amides is 1. The Bertz CT molecular complexity index is 690. The van der Waals surface area contributed by atoms with Gasteiger partial charge in [0.1, 0.15) is 4.21 Å². The molecule has 0 spiro atoms. The van der Waals surface area contributed by atoms with Crippen molar-refractivity contribution in [1.82, 2.24) is 14.5 Å². The Kier molecular flexibility index (Phi) is 6.14. The lowest BCUT2D eigenvalue weighted by atomic mass is 10.2. The van der Waals surface area contributed by atoms with Gasteiger partial charge >= 0.3 is 0 Å². The summed E-state index contributed by atoms with van der Waals surface area (Å²) >= 11 is 1.24. The molecule has 1 aromatic rings. The maximum Gasteiger partial charge on any atom is 0.252 e. The van der Waals surface area contributed by atoms with Crippen LogP contribution in [0.1, 0.15) is 37.5 Å². The summed E-state index contributed by atoms with van der Waals surface area (Å²) in [6, 6.07) is 3.71. The molecule has 8 heteroatoms. The number of sulfonamides is 1. The van der Waals surface area contributed by atoms with E-state index in [9.17, 15) is 13.2 Å². The highest BCUT2D eigenvalue weighted by atomic mass is 32.2. The van der Waals surface area contributed by atoms with E-state index in [0.29, 0.717) is 17.3 Å². The first kappa shape index (κ1) is 18.8. The fourth-order valence-electron chi connectivity index (χ4n) is 3.56. The van der Waals surface area contributed by atoms with Gasteiger partial charge in [-0.3, -0.25) is 4.79 Å². The third-order valence-corrected chi connectivity index (χ3v) is 8.33. The molecule has 2 aliphatic rings. The first-order valence-corrected chi connectivity index (χ1v) is 11.4. The molecule has 2 aliphatic heterocycles. The highest BCUT2D eigenvalue weighted by molar-refractivity contribution is 7.91. The summed E-state index contributed by atoms with van der Waals surface area (Å²) in [6.07, 6.45) is 4.07. The Morgan fingerprint density at radius 2 is 2.12 bits per heavy atom. The van der Waals surface area contributed by atoms with Crippen LogP contribution < -0.4 is 5.32 Å². The van der Waals surface area contributed by atoms with Gasteiger partial charge in [-0.25, -0.2) is 8.42 Å². The second-order valence-corrected chi connectivity index (χ2v) is 10.1. The van der Waals surface area contributed by atoms with Gasteiger partial charge in [0.2, 0.25) is 5.91 Å². The predicted octanol–water partition coefficient (Wildman–Crippen LogP) is 1.68. The molecule has 0 aliphatic carbocycles. The number of carbonyl (C=O) groups is 1. The largest absolute Gasteiger partial charge is 0.338 e. The smallest absolute Gasteiger partial charge is 0.252 e. The molecule has 1 atom stereocenters. The summed E-state index contributed by atoms with van der Waals surface area (Å²) < 4.78 is 27.1. The van der Waals surface area contributed by atoms with E-state index in [4.69, 9.17) is 0 Å². The second-order valence-electron chi connectivity index (χ2n) is 6.74.